The second kappa shape index (κ2) is 9.15. The maximum Gasteiger partial charge on any atom is 0.160 e. The fraction of sp³-hybridized carbons (Fsp3) is 0. The number of aromatic nitrogens is 2. The summed E-state index contributed by atoms with van der Waals surface area (Å²) in [5.41, 5.74) is 0.861. The van der Waals surface area contributed by atoms with E-state index in [0.29, 0.717) is 31.9 Å². The molecule has 2 heterocycles. The van der Waals surface area contributed by atoms with Crippen molar-refractivity contribution in [3.8, 4) is 11.5 Å². The van der Waals surface area contributed by atoms with Crippen LogP contribution in [0.4, 0.5) is 0 Å². The van der Waals surface area contributed by atoms with Crippen LogP contribution in [0.5, 0.6) is 11.5 Å². The van der Waals surface area contributed by atoms with Crippen LogP contribution in [-0.4, -0.2) is 20.2 Å². The summed E-state index contributed by atoms with van der Waals surface area (Å²) >= 11 is 23.2. The first-order valence-electron chi connectivity index (χ1n) is 7.23. The first kappa shape index (κ1) is 21.8. The van der Waals surface area contributed by atoms with Gasteiger partial charge in [0.1, 0.15) is 11.0 Å². The molecule has 0 aliphatic heterocycles. The van der Waals surface area contributed by atoms with Crippen LogP contribution in [-0.2, 0) is 16.8 Å². The molecule has 0 atom stereocenters. The Balaban J connectivity index is 0.000000187. The number of halogens is 4. The van der Waals surface area contributed by atoms with E-state index in [4.69, 9.17) is 46.4 Å². The molecule has 27 heavy (non-hydrogen) atoms. The van der Waals surface area contributed by atoms with Crippen molar-refractivity contribution in [2.45, 2.75) is 0 Å². The van der Waals surface area contributed by atoms with Crippen molar-refractivity contribution in [1.82, 2.24) is 9.97 Å². The van der Waals surface area contributed by atoms with Gasteiger partial charge in [-0.3, -0.25) is 9.97 Å². The van der Waals surface area contributed by atoms with Crippen molar-refractivity contribution in [3.05, 3.63) is 68.9 Å². The Hall–Kier alpha value is -1.47. The van der Waals surface area contributed by atoms with E-state index in [9.17, 15) is 10.2 Å². The van der Waals surface area contributed by atoms with Gasteiger partial charge >= 0.3 is 0 Å². The number of rotatable bonds is 0. The third-order valence-corrected chi connectivity index (χ3v) is 4.74. The molecule has 4 nitrogen and oxygen atoms in total. The molecule has 141 valence electrons. The van der Waals surface area contributed by atoms with Gasteiger partial charge in [-0.25, -0.2) is 0 Å². The molecule has 4 aromatic rings. The predicted molar refractivity (Wildman–Crippen MR) is 107 cm³/mol. The van der Waals surface area contributed by atoms with Gasteiger partial charge in [-0.1, -0.05) is 46.4 Å². The normalized spacial score (nSPS) is 10.2. The third kappa shape index (κ3) is 4.51. The first-order chi connectivity index (χ1) is 12.4. The Morgan fingerprint density at radius 2 is 1.00 bits per heavy atom. The first-order valence-corrected chi connectivity index (χ1v) is 8.74. The molecule has 0 spiro atoms. The number of pyridine rings is 2. The summed E-state index contributed by atoms with van der Waals surface area (Å²) in [6.07, 6.45) is 3.16. The number of benzene rings is 2. The Labute approximate surface area is 184 Å². The van der Waals surface area contributed by atoms with Crippen LogP contribution in [0.3, 0.4) is 0 Å². The minimum atomic E-state index is -0.0262. The summed E-state index contributed by atoms with van der Waals surface area (Å²) < 4.78 is 0. The van der Waals surface area contributed by atoms with Crippen LogP contribution in [0, 0.1) is 0 Å². The van der Waals surface area contributed by atoms with Gasteiger partial charge in [-0.05, 0) is 36.4 Å². The van der Waals surface area contributed by atoms with E-state index in [1.165, 1.54) is 12.1 Å². The van der Waals surface area contributed by atoms with Crippen molar-refractivity contribution >= 4 is 68.2 Å². The molecule has 0 bridgehead atoms. The summed E-state index contributed by atoms with van der Waals surface area (Å²) in [5.74, 6) is -0.0525. The van der Waals surface area contributed by atoms with E-state index < -0.39 is 0 Å². The molecular weight excluding hydrogens is 477 g/mol. The molecule has 9 heteroatoms. The summed E-state index contributed by atoms with van der Waals surface area (Å²) in [5, 5.41) is 21.9. The second-order valence-corrected chi connectivity index (χ2v) is 6.81. The number of hydrogen-bond donors (Lipinski definition) is 2. The number of fused-ring (bicyclic) bond motifs is 2. The Morgan fingerprint density at radius 1 is 0.630 bits per heavy atom. The quantitative estimate of drug-likeness (QED) is 0.298. The molecule has 0 fully saturated rings. The van der Waals surface area contributed by atoms with Gasteiger partial charge < -0.3 is 10.2 Å². The number of nitrogens with zero attached hydrogens (tertiary/aromatic N) is 2. The van der Waals surface area contributed by atoms with Gasteiger partial charge in [0, 0.05) is 39.9 Å². The van der Waals surface area contributed by atoms with E-state index in [-0.39, 0.29) is 38.3 Å². The number of aromatic hydroxyl groups is 2. The smallest absolute Gasteiger partial charge is 0.160 e. The molecule has 0 unspecified atom stereocenters. The van der Waals surface area contributed by atoms with Crippen molar-refractivity contribution in [1.29, 1.82) is 0 Å². The van der Waals surface area contributed by atoms with Gasteiger partial charge in [0.15, 0.2) is 11.5 Å². The van der Waals surface area contributed by atoms with Crippen LogP contribution in [0.1, 0.15) is 0 Å². The van der Waals surface area contributed by atoms with E-state index in [1.54, 1.807) is 36.7 Å². The Kier molecular flexibility index (Phi) is 7.39. The fourth-order valence-electron chi connectivity index (χ4n) is 2.31. The van der Waals surface area contributed by atoms with Gasteiger partial charge in [-0.15, -0.1) is 0 Å². The van der Waals surface area contributed by atoms with E-state index in [2.05, 4.69) is 9.97 Å². The second-order valence-electron chi connectivity index (χ2n) is 5.18. The van der Waals surface area contributed by atoms with Crippen LogP contribution < -0.4 is 0 Å². The zero-order valence-electron chi connectivity index (χ0n) is 13.3. The van der Waals surface area contributed by atoms with Crippen molar-refractivity contribution in [3.63, 3.8) is 0 Å². The molecule has 2 aromatic carbocycles. The van der Waals surface area contributed by atoms with Crippen LogP contribution in [0.25, 0.3) is 21.8 Å². The SMILES string of the molecule is Oc1c(Cl)cc(Cl)c2cccnc12.Oc1c(Cl)cc(Cl)c2cccnc12.[Co]. The number of hydrogen-bond acceptors (Lipinski definition) is 4. The van der Waals surface area contributed by atoms with Crippen LogP contribution >= 0.6 is 46.4 Å². The van der Waals surface area contributed by atoms with Crippen LogP contribution in [0.15, 0.2) is 48.8 Å². The van der Waals surface area contributed by atoms with Crippen molar-refractivity contribution in [2.75, 3.05) is 0 Å². The Morgan fingerprint density at radius 3 is 1.37 bits per heavy atom. The van der Waals surface area contributed by atoms with Gasteiger partial charge in [0.05, 0.1) is 20.1 Å². The van der Waals surface area contributed by atoms with Gasteiger partial charge in [-0.2, -0.15) is 0 Å². The largest absolute Gasteiger partial charge is 0.504 e. The average Bonchev–Trinajstić information content (AvgIpc) is 2.65. The molecule has 0 aliphatic carbocycles. The molecule has 2 N–H and O–H groups in total. The maximum atomic E-state index is 9.53. The summed E-state index contributed by atoms with van der Waals surface area (Å²) in [7, 11) is 0. The summed E-state index contributed by atoms with van der Waals surface area (Å²) in [6, 6.07) is 10.1. The van der Waals surface area contributed by atoms with Crippen molar-refractivity contribution in [2.24, 2.45) is 0 Å². The summed E-state index contributed by atoms with van der Waals surface area (Å²) in [4.78, 5) is 7.97. The zero-order chi connectivity index (χ0) is 18.8. The number of phenolic OH excluding ortho intramolecular Hbond substituents is 2. The minimum Gasteiger partial charge on any atom is -0.504 e. The molecule has 1 radical (unpaired) electrons. The summed E-state index contributed by atoms with van der Waals surface area (Å²) in [6.45, 7) is 0. The minimum absolute atomic E-state index is 0. The monoisotopic (exact) mass is 485 g/mol. The molecular formula is C18H10Cl4CoN2O2. The van der Waals surface area contributed by atoms with Gasteiger partial charge in [0.2, 0.25) is 0 Å². The van der Waals surface area contributed by atoms with Crippen molar-refractivity contribution < 1.29 is 27.0 Å². The maximum absolute atomic E-state index is 9.53. The van der Waals surface area contributed by atoms with Crippen LogP contribution in [0.2, 0.25) is 20.1 Å². The molecule has 4 rings (SSSR count). The standard InChI is InChI=1S/2C9H5Cl2NO.Co/c2*10-6-4-7(11)9(13)8-5(6)2-1-3-12-8;/h2*1-4,13H;. The third-order valence-electron chi connectivity index (χ3n) is 3.54. The topological polar surface area (TPSA) is 66.2 Å². The molecule has 0 amide bonds. The van der Waals surface area contributed by atoms with Gasteiger partial charge in [0.25, 0.3) is 0 Å². The molecule has 0 aliphatic rings. The number of phenols is 2. The fourth-order valence-corrected chi connectivity index (χ4v) is 3.35. The Bertz CT molecular complexity index is 1040. The molecule has 0 saturated heterocycles. The zero-order valence-corrected chi connectivity index (χ0v) is 17.3. The molecule has 0 saturated carbocycles. The van der Waals surface area contributed by atoms with E-state index in [0.717, 1.165) is 0 Å². The van der Waals surface area contributed by atoms with E-state index >= 15 is 0 Å². The average molecular weight is 487 g/mol. The predicted octanol–water partition coefficient (Wildman–Crippen LogP) is 6.49. The molecule has 2 aromatic heterocycles. The van der Waals surface area contributed by atoms with E-state index in [1.807, 2.05) is 0 Å².